The zero-order valence-electron chi connectivity index (χ0n) is 27.1. The fraction of sp³-hybridized carbons (Fsp3) is 0.667. The van der Waals surface area contributed by atoms with E-state index >= 15 is 0 Å². The third-order valence-corrected chi connectivity index (χ3v) is 14.2. The normalized spacial score (nSPS) is 48.5. The minimum atomic E-state index is -1.37. The molecule has 0 aromatic rings. The summed E-state index contributed by atoms with van der Waals surface area (Å²) in [7, 11) is 2.56. The summed E-state index contributed by atoms with van der Waals surface area (Å²) in [6.07, 6.45) is 2.80. The average molecular weight is 635 g/mol. The predicted octanol–water partition coefficient (Wildman–Crippen LogP) is 2.51. The van der Waals surface area contributed by atoms with E-state index in [0.29, 0.717) is 17.6 Å². The Kier molecular flexibility index (Phi) is 5.97. The van der Waals surface area contributed by atoms with Gasteiger partial charge in [-0.2, -0.15) is 0 Å². The third kappa shape index (κ3) is 3.19. The molecule has 5 fully saturated rings. The number of esters is 3. The van der Waals surface area contributed by atoms with Gasteiger partial charge in [-0.3, -0.25) is 4.79 Å². The zero-order chi connectivity index (χ0) is 33.0. The smallest absolute Gasteiger partial charge is 0.337 e. The molecule has 0 saturated heterocycles. The molecule has 0 aromatic heterocycles. The van der Waals surface area contributed by atoms with Gasteiger partial charge in [0.1, 0.15) is 11.7 Å². The first-order valence-electron chi connectivity index (χ1n) is 16.5. The molecular formula is C36H42O10. The summed E-state index contributed by atoms with van der Waals surface area (Å²) >= 11 is 0. The van der Waals surface area contributed by atoms with Crippen molar-refractivity contribution in [1.82, 2.24) is 0 Å². The van der Waals surface area contributed by atoms with Gasteiger partial charge in [0.15, 0.2) is 5.78 Å². The van der Waals surface area contributed by atoms with Crippen LogP contribution in [0, 0.1) is 52.3 Å². The van der Waals surface area contributed by atoms with Gasteiger partial charge in [0, 0.05) is 28.6 Å². The highest BCUT2D eigenvalue weighted by atomic mass is 16.6. The molecule has 46 heavy (non-hydrogen) atoms. The van der Waals surface area contributed by atoms with Gasteiger partial charge in [-0.05, 0) is 92.1 Å². The molecule has 1 aliphatic heterocycles. The molecule has 12 atom stereocenters. The number of ether oxygens (including phenoxy) is 3. The van der Waals surface area contributed by atoms with E-state index in [-0.39, 0.29) is 65.1 Å². The molecule has 8 aliphatic rings. The summed E-state index contributed by atoms with van der Waals surface area (Å²) in [5, 5.41) is 35.0. The number of fused-ring (bicyclic) bond motifs is 7. The maximum absolute atomic E-state index is 14.4. The number of methoxy groups -OCH3 is 2. The second-order valence-corrected chi connectivity index (χ2v) is 15.7. The number of carbonyl (C=O) groups is 4. The van der Waals surface area contributed by atoms with Gasteiger partial charge in [0.2, 0.25) is 0 Å². The van der Waals surface area contributed by atoms with Crippen molar-refractivity contribution in [3.63, 3.8) is 0 Å². The molecule has 7 aliphatic carbocycles. The van der Waals surface area contributed by atoms with E-state index in [2.05, 4.69) is 6.92 Å². The number of allylic oxidation sites excluding steroid dienone is 1. The topological polar surface area (TPSA) is 157 Å². The lowest BCUT2D eigenvalue weighted by atomic mass is 9.42. The Hall–Kier alpha value is -3.08. The Morgan fingerprint density at radius 2 is 1.74 bits per heavy atom. The second-order valence-electron chi connectivity index (χ2n) is 15.7. The largest absolute Gasteiger partial charge is 0.466 e. The van der Waals surface area contributed by atoms with Gasteiger partial charge in [0.05, 0.1) is 37.9 Å². The molecule has 0 bridgehead atoms. The Morgan fingerprint density at radius 1 is 1.02 bits per heavy atom. The molecular weight excluding hydrogens is 592 g/mol. The summed E-state index contributed by atoms with van der Waals surface area (Å²) in [6.45, 7) is 6.91. The van der Waals surface area contributed by atoms with Crippen LogP contribution < -0.4 is 0 Å². The quantitative estimate of drug-likeness (QED) is 0.178. The number of rotatable bonds is 5. The fourth-order valence-corrected chi connectivity index (χ4v) is 12.3. The van der Waals surface area contributed by atoms with Crippen molar-refractivity contribution in [1.29, 1.82) is 0 Å². The Balaban J connectivity index is 1.38. The highest BCUT2D eigenvalue weighted by molar-refractivity contribution is 6.09. The molecule has 0 amide bonds. The van der Waals surface area contributed by atoms with Crippen LogP contribution in [0.5, 0.6) is 0 Å². The van der Waals surface area contributed by atoms with Crippen LogP contribution in [0.25, 0.3) is 0 Å². The number of Topliss-reactive ketones (excluding diaryl/α,β-unsaturated/α-hetero) is 1. The van der Waals surface area contributed by atoms with Crippen LogP contribution in [0.15, 0.2) is 45.1 Å². The third-order valence-electron chi connectivity index (χ3n) is 14.2. The van der Waals surface area contributed by atoms with Crippen LogP contribution in [-0.2, 0) is 33.4 Å². The lowest BCUT2D eigenvalue weighted by Crippen LogP contribution is -2.67. The minimum Gasteiger partial charge on any atom is -0.466 e. The summed E-state index contributed by atoms with van der Waals surface area (Å²) in [5.74, 6) is -3.53. The Labute approximate surface area is 267 Å². The fourth-order valence-electron chi connectivity index (χ4n) is 12.3. The second kappa shape index (κ2) is 9.08. The van der Waals surface area contributed by atoms with E-state index < -0.39 is 64.4 Å². The van der Waals surface area contributed by atoms with Crippen molar-refractivity contribution >= 4 is 23.7 Å². The maximum Gasteiger partial charge on any atom is 0.337 e. The highest BCUT2D eigenvalue weighted by Crippen LogP contribution is 2.83. The standard InChI is InChI=1S/C36H42O10/c1-14(7-25(38)44-5)12-35(43)22-10-21(22)33(3)23(35)11-20-18(13-37)32(42)46-36(20)24(33)9-17-16-8-19(16)34(4)27(17)28(36)26(29(39)30(34)40)15(2)31(41)45-6/h7,16,19,21-24,28,30,37,40,43H,8-13H2,1-6H3/t16-,19-,21-,22+,23+,24+,28+,30+,33+,34+,35-,36+/m1/s1. The van der Waals surface area contributed by atoms with Gasteiger partial charge in [-0.1, -0.05) is 25.0 Å². The summed E-state index contributed by atoms with van der Waals surface area (Å²) in [5.41, 5.74) is -0.248. The number of aliphatic hydroxyl groups is 3. The molecule has 0 aromatic carbocycles. The van der Waals surface area contributed by atoms with Crippen molar-refractivity contribution in [2.24, 2.45) is 52.3 Å². The highest BCUT2D eigenvalue weighted by Gasteiger charge is 2.83. The van der Waals surface area contributed by atoms with E-state index in [1.807, 2.05) is 13.8 Å². The molecule has 0 unspecified atom stereocenters. The average Bonchev–Trinajstić information content (AvgIpc) is 3.93. The SMILES string of the molecule is COC(=O)C=C(C)C[C@]1(O)[C@H]2CC3=C(CO)C(=O)O[C@@]34[C@H]3C(=C(C)C(=O)OC)C(=O)[C@H](O)[C@]5(C)C3=C(C[C@H]4[C@@]2(C)[C@@H]2C[C@@H]21)[C@H]1C[C@H]15. The van der Waals surface area contributed by atoms with Crippen LogP contribution in [0.3, 0.4) is 0 Å². The van der Waals surface area contributed by atoms with Crippen LogP contribution >= 0.6 is 0 Å². The molecule has 0 radical (unpaired) electrons. The van der Waals surface area contributed by atoms with Crippen molar-refractivity contribution in [2.45, 2.75) is 77.1 Å². The number of aliphatic hydroxyl groups excluding tert-OH is 2. The maximum atomic E-state index is 14.4. The van der Waals surface area contributed by atoms with Gasteiger partial charge >= 0.3 is 17.9 Å². The summed E-state index contributed by atoms with van der Waals surface area (Å²) in [6, 6.07) is 0. The van der Waals surface area contributed by atoms with Crippen molar-refractivity contribution in [3.8, 4) is 0 Å². The lowest BCUT2D eigenvalue weighted by Gasteiger charge is -2.63. The van der Waals surface area contributed by atoms with Crippen LogP contribution in [0.4, 0.5) is 0 Å². The molecule has 1 spiro atoms. The molecule has 1 heterocycles. The monoisotopic (exact) mass is 634 g/mol. The first-order valence-corrected chi connectivity index (χ1v) is 16.5. The Morgan fingerprint density at radius 3 is 2.39 bits per heavy atom. The van der Waals surface area contributed by atoms with Crippen molar-refractivity contribution in [3.05, 3.63) is 45.1 Å². The first kappa shape index (κ1) is 30.3. The minimum absolute atomic E-state index is 0.0345. The van der Waals surface area contributed by atoms with Gasteiger partial charge in [-0.15, -0.1) is 0 Å². The molecule has 10 heteroatoms. The molecule has 3 N–H and O–H groups in total. The van der Waals surface area contributed by atoms with E-state index in [4.69, 9.17) is 14.2 Å². The van der Waals surface area contributed by atoms with E-state index in [1.54, 1.807) is 0 Å². The van der Waals surface area contributed by atoms with E-state index in [1.165, 1.54) is 32.8 Å². The number of ketones is 1. The number of hydrogen-bond acceptors (Lipinski definition) is 10. The zero-order valence-corrected chi connectivity index (χ0v) is 27.1. The molecule has 10 nitrogen and oxygen atoms in total. The number of carbonyl (C=O) groups excluding carboxylic acids is 4. The van der Waals surface area contributed by atoms with Crippen molar-refractivity contribution < 1.29 is 48.7 Å². The number of hydrogen-bond donors (Lipinski definition) is 3. The van der Waals surface area contributed by atoms with E-state index in [9.17, 15) is 34.5 Å². The molecule has 8 rings (SSSR count). The van der Waals surface area contributed by atoms with Gasteiger partial charge in [0.25, 0.3) is 0 Å². The lowest BCUT2D eigenvalue weighted by molar-refractivity contribution is -0.185. The van der Waals surface area contributed by atoms with E-state index in [0.717, 1.165) is 18.4 Å². The summed E-state index contributed by atoms with van der Waals surface area (Å²) < 4.78 is 16.5. The van der Waals surface area contributed by atoms with Crippen LogP contribution in [-0.4, -0.2) is 77.1 Å². The predicted molar refractivity (Wildman–Crippen MR) is 160 cm³/mol. The first-order chi connectivity index (χ1) is 21.7. The summed E-state index contributed by atoms with van der Waals surface area (Å²) in [4.78, 5) is 53.5. The van der Waals surface area contributed by atoms with Crippen LogP contribution in [0.2, 0.25) is 0 Å². The van der Waals surface area contributed by atoms with Gasteiger partial charge < -0.3 is 29.5 Å². The van der Waals surface area contributed by atoms with Crippen molar-refractivity contribution in [2.75, 3.05) is 20.8 Å². The molecule has 246 valence electrons. The van der Waals surface area contributed by atoms with Crippen LogP contribution in [0.1, 0.15) is 59.8 Å². The molecule has 5 saturated carbocycles. The van der Waals surface area contributed by atoms with Gasteiger partial charge in [-0.25, -0.2) is 14.4 Å². The Bertz CT molecular complexity index is 1680.